The summed E-state index contributed by atoms with van der Waals surface area (Å²) in [6.45, 7) is -3.16. The molecule has 0 spiro atoms. The third-order valence-electron chi connectivity index (χ3n) is 4.62. The van der Waals surface area contributed by atoms with E-state index in [2.05, 4.69) is 14.8 Å². The largest absolute Gasteiger partial charge is 0.493 e. The number of carbonyl (C=O) groups is 2. The predicted octanol–water partition coefficient (Wildman–Crippen LogP) is 2.77. The zero-order chi connectivity index (χ0) is 21.6. The maximum absolute atomic E-state index is 12.6. The molecule has 1 fully saturated rings. The molecule has 1 amide bonds. The Hall–Kier alpha value is -2.43. The first kappa shape index (κ1) is 22.9. The summed E-state index contributed by atoms with van der Waals surface area (Å²) in [6, 6.07) is 2.09. The van der Waals surface area contributed by atoms with Gasteiger partial charge in [0.1, 0.15) is 0 Å². The van der Waals surface area contributed by atoms with Crippen LogP contribution in [0.4, 0.5) is 14.5 Å². The number of carbonyl (C=O) groups excluding carboxylic acids is 2. The van der Waals surface area contributed by atoms with E-state index in [0.29, 0.717) is 12.8 Å². The highest BCUT2D eigenvalue weighted by Gasteiger charge is 2.29. The number of rotatable bonds is 9. The Morgan fingerprint density at radius 3 is 2.38 bits per heavy atom. The molecule has 0 radical (unpaired) electrons. The minimum absolute atomic E-state index is 0.155. The van der Waals surface area contributed by atoms with Crippen LogP contribution in [0.5, 0.6) is 11.5 Å². The van der Waals surface area contributed by atoms with E-state index in [4.69, 9.17) is 4.74 Å². The van der Waals surface area contributed by atoms with Gasteiger partial charge in [0.05, 0.1) is 36.5 Å². The van der Waals surface area contributed by atoms with Crippen molar-refractivity contribution in [3.05, 3.63) is 17.7 Å². The molecule has 1 saturated carbocycles. The summed E-state index contributed by atoms with van der Waals surface area (Å²) in [5.41, 5.74) is -0.311. The summed E-state index contributed by atoms with van der Waals surface area (Å²) in [4.78, 5) is 24.3. The molecule has 0 atom stereocenters. The molecule has 2 rings (SSSR count). The fourth-order valence-electron chi connectivity index (χ4n) is 3.15. The third kappa shape index (κ3) is 6.02. The van der Waals surface area contributed by atoms with Gasteiger partial charge in [-0.15, -0.1) is 0 Å². The van der Waals surface area contributed by atoms with Crippen LogP contribution < -0.4 is 14.8 Å². The van der Waals surface area contributed by atoms with E-state index in [1.807, 2.05) is 0 Å². The van der Waals surface area contributed by atoms with Crippen molar-refractivity contribution in [3.8, 4) is 11.5 Å². The molecular formula is C18H23F2NO7S. The number of ether oxygens (including phenoxy) is 3. The zero-order valence-electron chi connectivity index (χ0n) is 16.1. The third-order valence-corrected chi connectivity index (χ3v) is 6.88. The van der Waals surface area contributed by atoms with Gasteiger partial charge < -0.3 is 19.5 Å². The van der Waals surface area contributed by atoms with Crippen LogP contribution in [0.15, 0.2) is 12.1 Å². The summed E-state index contributed by atoms with van der Waals surface area (Å²) in [5.74, 6) is -2.43. The first-order valence-electron chi connectivity index (χ1n) is 8.94. The molecule has 0 unspecified atom stereocenters. The van der Waals surface area contributed by atoms with Crippen molar-refractivity contribution >= 4 is 27.4 Å². The number of methoxy groups -OCH3 is 2. The average molecular weight is 435 g/mol. The minimum Gasteiger partial charge on any atom is -0.493 e. The number of sulfone groups is 1. The zero-order valence-corrected chi connectivity index (χ0v) is 16.9. The van der Waals surface area contributed by atoms with E-state index >= 15 is 0 Å². The normalized spacial score (nSPS) is 14.7. The number of alkyl halides is 2. The SMILES string of the molecule is COC(=O)c1cc(OC)c(OC(F)F)cc1NC(=O)CCS(=O)(=O)C1CCCC1. The number of hydrogen-bond acceptors (Lipinski definition) is 7. The van der Waals surface area contributed by atoms with Gasteiger partial charge in [0.25, 0.3) is 0 Å². The van der Waals surface area contributed by atoms with E-state index in [1.165, 1.54) is 7.11 Å². The van der Waals surface area contributed by atoms with Gasteiger partial charge in [-0.05, 0) is 12.8 Å². The quantitative estimate of drug-likeness (QED) is 0.594. The first-order chi connectivity index (χ1) is 13.7. The molecule has 1 aliphatic carbocycles. The van der Waals surface area contributed by atoms with Crippen molar-refractivity contribution < 1.29 is 41.0 Å². The van der Waals surface area contributed by atoms with Crippen LogP contribution >= 0.6 is 0 Å². The van der Waals surface area contributed by atoms with Gasteiger partial charge in [-0.25, -0.2) is 13.2 Å². The molecule has 162 valence electrons. The highest BCUT2D eigenvalue weighted by atomic mass is 32.2. The van der Waals surface area contributed by atoms with E-state index in [0.717, 1.165) is 32.1 Å². The second kappa shape index (κ2) is 9.86. The summed E-state index contributed by atoms with van der Waals surface area (Å²) in [5, 5.41) is 1.93. The van der Waals surface area contributed by atoms with Crippen LogP contribution in [0.2, 0.25) is 0 Å². The highest BCUT2D eigenvalue weighted by molar-refractivity contribution is 7.92. The molecular weight excluding hydrogens is 412 g/mol. The maximum Gasteiger partial charge on any atom is 0.387 e. The summed E-state index contributed by atoms with van der Waals surface area (Å²) >= 11 is 0. The van der Waals surface area contributed by atoms with Crippen LogP contribution in [0.3, 0.4) is 0 Å². The van der Waals surface area contributed by atoms with E-state index in [9.17, 15) is 26.8 Å². The molecule has 1 aromatic carbocycles. The van der Waals surface area contributed by atoms with Crippen molar-refractivity contribution in [2.24, 2.45) is 0 Å². The lowest BCUT2D eigenvalue weighted by Gasteiger charge is -2.16. The number of benzene rings is 1. The van der Waals surface area contributed by atoms with Crippen molar-refractivity contribution in [2.45, 2.75) is 44.0 Å². The predicted molar refractivity (Wildman–Crippen MR) is 100 cm³/mol. The van der Waals surface area contributed by atoms with E-state index in [-0.39, 0.29) is 29.2 Å². The van der Waals surface area contributed by atoms with Crippen LogP contribution in [0.1, 0.15) is 42.5 Å². The van der Waals surface area contributed by atoms with Crippen molar-refractivity contribution in [3.63, 3.8) is 0 Å². The maximum atomic E-state index is 12.6. The minimum atomic E-state index is -3.41. The Morgan fingerprint density at radius 1 is 1.17 bits per heavy atom. The number of anilines is 1. The highest BCUT2D eigenvalue weighted by Crippen LogP contribution is 2.35. The topological polar surface area (TPSA) is 108 Å². The Labute approximate surface area is 167 Å². The summed E-state index contributed by atoms with van der Waals surface area (Å²) < 4.78 is 63.8. The van der Waals surface area contributed by atoms with Crippen molar-refractivity contribution in [2.75, 3.05) is 25.3 Å². The van der Waals surface area contributed by atoms with Gasteiger partial charge in [0.15, 0.2) is 21.3 Å². The lowest BCUT2D eigenvalue weighted by Crippen LogP contribution is -2.25. The van der Waals surface area contributed by atoms with E-state index in [1.54, 1.807) is 0 Å². The Bertz CT molecular complexity index is 852. The van der Waals surface area contributed by atoms with Gasteiger partial charge in [-0.3, -0.25) is 4.79 Å². The first-order valence-corrected chi connectivity index (χ1v) is 10.7. The van der Waals surface area contributed by atoms with Gasteiger partial charge in [0, 0.05) is 18.6 Å². The van der Waals surface area contributed by atoms with Crippen LogP contribution in [0, 0.1) is 0 Å². The molecule has 0 saturated heterocycles. The van der Waals surface area contributed by atoms with Gasteiger partial charge in [0.2, 0.25) is 5.91 Å². The fraction of sp³-hybridized carbons (Fsp3) is 0.556. The Balaban J connectivity index is 2.20. The molecule has 1 N–H and O–H groups in total. The number of nitrogens with one attached hydrogen (secondary N) is 1. The summed E-state index contributed by atoms with van der Waals surface area (Å²) in [6.07, 6.45) is 2.53. The van der Waals surface area contributed by atoms with Crippen LogP contribution in [-0.4, -0.2) is 52.1 Å². The number of esters is 1. The molecule has 1 aromatic rings. The lowest BCUT2D eigenvalue weighted by atomic mass is 10.1. The second-order valence-corrected chi connectivity index (χ2v) is 8.89. The number of amides is 1. The van der Waals surface area contributed by atoms with E-state index < -0.39 is 39.3 Å². The standard InChI is InChI=1S/C18H23F2NO7S/c1-26-14-9-12(17(23)27-2)13(10-15(14)28-18(19)20)21-16(22)7-8-29(24,25)11-5-3-4-6-11/h9-11,18H,3-8H2,1-2H3,(H,21,22). The number of halogens is 2. The fourth-order valence-corrected chi connectivity index (χ4v) is 5.01. The molecule has 0 heterocycles. The van der Waals surface area contributed by atoms with Crippen LogP contribution in [-0.2, 0) is 19.4 Å². The molecule has 0 aromatic heterocycles. The monoisotopic (exact) mass is 435 g/mol. The summed E-state index contributed by atoms with van der Waals surface area (Å²) in [7, 11) is -1.10. The molecule has 0 aliphatic heterocycles. The van der Waals surface area contributed by atoms with Crippen molar-refractivity contribution in [1.29, 1.82) is 0 Å². The Morgan fingerprint density at radius 2 is 1.83 bits per heavy atom. The molecule has 29 heavy (non-hydrogen) atoms. The van der Waals surface area contributed by atoms with Gasteiger partial charge in [-0.2, -0.15) is 8.78 Å². The molecule has 8 nitrogen and oxygen atoms in total. The van der Waals surface area contributed by atoms with Gasteiger partial charge >= 0.3 is 12.6 Å². The lowest BCUT2D eigenvalue weighted by molar-refractivity contribution is -0.115. The number of hydrogen-bond donors (Lipinski definition) is 1. The average Bonchev–Trinajstić information content (AvgIpc) is 3.21. The van der Waals surface area contributed by atoms with Gasteiger partial charge in [-0.1, -0.05) is 12.8 Å². The molecule has 11 heteroatoms. The molecule has 1 aliphatic rings. The Kier molecular flexibility index (Phi) is 7.77. The van der Waals surface area contributed by atoms with Crippen LogP contribution in [0.25, 0.3) is 0 Å². The van der Waals surface area contributed by atoms with Crippen molar-refractivity contribution in [1.82, 2.24) is 0 Å². The second-order valence-electron chi connectivity index (χ2n) is 6.49. The molecule has 0 bridgehead atoms. The smallest absolute Gasteiger partial charge is 0.387 e.